The van der Waals surface area contributed by atoms with Crippen LogP contribution in [0.15, 0.2) is 12.1 Å². The van der Waals surface area contributed by atoms with Crippen LogP contribution in [-0.2, 0) is 0 Å². The van der Waals surface area contributed by atoms with E-state index in [1.807, 2.05) is 0 Å². The van der Waals surface area contributed by atoms with E-state index in [4.69, 9.17) is 17.3 Å². The Balaban J connectivity index is 2.93. The van der Waals surface area contributed by atoms with Crippen molar-refractivity contribution in [2.45, 2.75) is 39.2 Å². The standard InChI is InChI=1S/C12H18ClFN2/c1-4-5-12(2,3)16-11-7-9(14)8(13)6-10(11)15/h6-7,16H,4-5,15H2,1-3H3. The van der Waals surface area contributed by atoms with Gasteiger partial charge in [-0.2, -0.15) is 0 Å². The van der Waals surface area contributed by atoms with E-state index >= 15 is 0 Å². The molecular formula is C12H18ClFN2. The maximum atomic E-state index is 13.3. The molecule has 0 radical (unpaired) electrons. The van der Waals surface area contributed by atoms with Gasteiger partial charge in [-0.25, -0.2) is 4.39 Å². The maximum absolute atomic E-state index is 13.3. The number of halogens is 2. The van der Waals surface area contributed by atoms with Crippen molar-refractivity contribution in [2.24, 2.45) is 0 Å². The van der Waals surface area contributed by atoms with Crippen LogP contribution in [0, 0.1) is 5.82 Å². The lowest BCUT2D eigenvalue weighted by molar-refractivity contribution is 0.510. The maximum Gasteiger partial charge on any atom is 0.143 e. The molecule has 0 aromatic heterocycles. The fourth-order valence-electron chi connectivity index (χ4n) is 1.72. The first-order valence-corrected chi connectivity index (χ1v) is 5.76. The van der Waals surface area contributed by atoms with E-state index in [9.17, 15) is 4.39 Å². The number of anilines is 2. The van der Waals surface area contributed by atoms with Crippen molar-refractivity contribution in [3.8, 4) is 0 Å². The van der Waals surface area contributed by atoms with E-state index in [0.717, 1.165) is 12.8 Å². The molecule has 0 atom stereocenters. The van der Waals surface area contributed by atoms with Crippen LogP contribution >= 0.6 is 11.6 Å². The van der Waals surface area contributed by atoms with Crippen LogP contribution in [0.1, 0.15) is 33.6 Å². The Bertz CT molecular complexity index is 378. The molecule has 0 bridgehead atoms. The molecule has 90 valence electrons. The second-order valence-corrected chi connectivity index (χ2v) is 5.02. The molecule has 0 fully saturated rings. The number of nitrogens with one attached hydrogen (secondary N) is 1. The molecule has 0 saturated carbocycles. The molecule has 1 aromatic carbocycles. The lowest BCUT2D eigenvalue weighted by atomic mass is 9.98. The Kier molecular flexibility index (Phi) is 4.03. The molecule has 3 N–H and O–H groups in total. The second kappa shape index (κ2) is 4.91. The topological polar surface area (TPSA) is 38.0 Å². The largest absolute Gasteiger partial charge is 0.397 e. The molecule has 16 heavy (non-hydrogen) atoms. The minimum absolute atomic E-state index is 0.0522. The molecule has 0 saturated heterocycles. The predicted molar refractivity (Wildman–Crippen MR) is 68.4 cm³/mol. The molecule has 1 rings (SSSR count). The molecule has 0 unspecified atom stereocenters. The van der Waals surface area contributed by atoms with Crippen molar-refractivity contribution in [3.05, 3.63) is 23.0 Å². The smallest absolute Gasteiger partial charge is 0.143 e. The minimum atomic E-state index is -0.453. The van der Waals surface area contributed by atoms with E-state index in [0.29, 0.717) is 11.4 Å². The lowest BCUT2D eigenvalue weighted by Gasteiger charge is -2.28. The third-order valence-electron chi connectivity index (χ3n) is 2.44. The molecule has 0 heterocycles. The highest BCUT2D eigenvalue weighted by molar-refractivity contribution is 6.31. The Hall–Kier alpha value is -0.960. The van der Waals surface area contributed by atoms with Crippen molar-refractivity contribution in [1.29, 1.82) is 0 Å². The average Bonchev–Trinajstić information content (AvgIpc) is 2.13. The fraction of sp³-hybridized carbons (Fsp3) is 0.500. The summed E-state index contributed by atoms with van der Waals surface area (Å²) in [6, 6.07) is 2.77. The zero-order valence-electron chi connectivity index (χ0n) is 9.90. The second-order valence-electron chi connectivity index (χ2n) is 4.61. The first-order valence-electron chi connectivity index (χ1n) is 5.38. The highest BCUT2D eigenvalue weighted by Crippen LogP contribution is 2.29. The summed E-state index contributed by atoms with van der Waals surface area (Å²) in [6.45, 7) is 6.22. The molecule has 0 aliphatic heterocycles. The van der Waals surface area contributed by atoms with Crippen molar-refractivity contribution in [1.82, 2.24) is 0 Å². The van der Waals surface area contributed by atoms with Gasteiger partial charge in [0.2, 0.25) is 0 Å². The molecule has 1 aromatic rings. The molecular weight excluding hydrogens is 227 g/mol. The highest BCUT2D eigenvalue weighted by Gasteiger charge is 2.18. The summed E-state index contributed by atoms with van der Waals surface area (Å²) in [5, 5.41) is 3.28. The molecule has 0 spiro atoms. The summed E-state index contributed by atoms with van der Waals surface area (Å²) in [6.07, 6.45) is 2.03. The van der Waals surface area contributed by atoms with Crippen molar-refractivity contribution in [3.63, 3.8) is 0 Å². The number of rotatable bonds is 4. The Labute approximate surface area is 101 Å². The van der Waals surface area contributed by atoms with Crippen LogP contribution in [0.5, 0.6) is 0 Å². The molecule has 4 heteroatoms. The predicted octanol–water partition coefficient (Wildman–Crippen LogP) is 4.05. The van der Waals surface area contributed by atoms with Gasteiger partial charge in [-0.05, 0) is 26.3 Å². The van der Waals surface area contributed by atoms with Gasteiger partial charge in [0.1, 0.15) is 5.82 Å². The van der Waals surface area contributed by atoms with E-state index in [-0.39, 0.29) is 10.6 Å². The van der Waals surface area contributed by atoms with Crippen LogP contribution < -0.4 is 11.1 Å². The SMILES string of the molecule is CCCC(C)(C)Nc1cc(F)c(Cl)cc1N. The van der Waals surface area contributed by atoms with Gasteiger partial charge in [0.05, 0.1) is 16.4 Å². The molecule has 2 nitrogen and oxygen atoms in total. The zero-order chi connectivity index (χ0) is 12.3. The van der Waals surface area contributed by atoms with Gasteiger partial charge in [-0.1, -0.05) is 24.9 Å². The summed E-state index contributed by atoms with van der Waals surface area (Å²) >= 11 is 5.64. The first kappa shape index (κ1) is 13.1. The van der Waals surface area contributed by atoms with Gasteiger partial charge in [-0.15, -0.1) is 0 Å². The summed E-state index contributed by atoms with van der Waals surface area (Å²) in [5.41, 5.74) is 6.74. The molecule has 0 aliphatic carbocycles. The summed E-state index contributed by atoms with van der Waals surface area (Å²) < 4.78 is 13.3. The number of hydrogen-bond acceptors (Lipinski definition) is 2. The van der Waals surface area contributed by atoms with Gasteiger partial charge in [0, 0.05) is 11.6 Å². The van der Waals surface area contributed by atoms with E-state index in [2.05, 4.69) is 26.1 Å². The quantitative estimate of drug-likeness (QED) is 0.784. The Morgan fingerprint density at radius 2 is 2.06 bits per heavy atom. The van der Waals surface area contributed by atoms with Gasteiger partial charge in [-0.3, -0.25) is 0 Å². The highest BCUT2D eigenvalue weighted by atomic mass is 35.5. The van der Waals surface area contributed by atoms with Crippen LogP contribution in [-0.4, -0.2) is 5.54 Å². The van der Waals surface area contributed by atoms with Gasteiger partial charge >= 0.3 is 0 Å². The number of nitrogens with two attached hydrogens (primary N) is 1. The van der Waals surface area contributed by atoms with E-state index in [1.165, 1.54) is 12.1 Å². The van der Waals surface area contributed by atoms with Crippen molar-refractivity contribution >= 4 is 23.0 Å². The summed E-state index contributed by atoms with van der Waals surface area (Å²) in [4.78, 5) is 0. The number of nitrogen functional groups attached to an aromatic ring is 1. The van der Waals surface area contributed by atoms with Crippen molar-refractivity contribution < 1.29 is 4.39 Å². The summed E-state index contributed by atoms with van der Waals surface area (Å²) in [7, 11) is 0. The Morgan fingerprint density at radius 3 is 2.62 bits per heavy atom. The van der Waals surface area contributed by atoms with Crippen LogP contribution in [0.3, 0.4) is 0 Å². The normalized spacial score (nSPS) is 11.6. The molecule has 0 aliphatic rings. The fourth-order valence-corrected chi connectivity index (χ4v) is 1.89. The van der Waals surface area contributed by atoms with Gasteiger partial charge in [0.25, 0.3) is 0 Å². The van der Waals surface area contributed by atoms with Crippen LogP contribution in [0.2, 0.25) is 5.02 Å². The number of hydrogen-bond donors (Lipinski definition) is 2. The summed E-state index contributed by atoms with van der Waals surface area (Å²) in [5.74, 6) is -0.453. The van der Waals surface area contributed by atoms with Crippen LogP contribution in [0.25, 0.3) is 0 Å². The first-order chi connectivity index (χ1) is 7.35. The van der Waals surface area contributed by atoms with E-state index in [1.54, 1.807) is 0 Å². The monoisotopic (exact) mass is 244 g/mol. The number of benzene rings is 1. The third-order valence-corrected chi connectivity index (χ3v) is 2.73. The van der Waals surface area contributed by atoms with Gasteiger partial charge in [0.15, 0.2) is 0 Å². The van der Waals surface area contributed by atoms with Crippen LogP contribution in [0.4, 0.5) is 15.8 Å². The average molecular weight is 245 g/mol. The zero-order valence-corrected chi connectivity index (χ0v) is 10.7. The Morgan fingerprint density at radius 1 is 1.44 bits per heavy atom. The lowest BCUT2D eigenvalue weighted by Crippen LogP contribution is -2.30. The third kappa shape index (κ3) is 3.27. The van der Waals surface area contributed by atoms with E-state index < -0.39 is 5.82 Å². The van der Waals surface area contributed by atoms with Crippen molar-refractivity contribution in [2.75, 3.05) is 11.1 Å². The molecule has 0 amide bonds. The van der Waals surface area contributed by atoms with Gasteiger partial charge < -0.3 is 11.1 Å². The minimum Gasteiger partial charge on any atom is -0.397 e.